The lowest BCUT2D eigenvalue weighted by Gasteiger charge is -2.40. The van der Waals surface area contributed by atoms with Gasteiger partial charge in [0.2, 0.25) is 0 Å². The highest BCUT2D eigenvalue weighted by Crippen LogP contribution is 2.33. The number of hydrogen-bond acceptors (Lipinski definition) is 2. The van der Waals surface area contributed by atoms with E-state index in [1.165, 1.54) is 51.6 Å². The Balaban J connectivity index is 2.59. The van der Waals surface area contributed by atoms with E-state index in [0.29, 0.717) is 6.04 Å². The molecule has 2 heteroatoms. The largest absolute Gasteiger partial charge is 0.314 e. The maximum atomic E-state index is 3.83. The van der Waals surface area contributed by atoms with Crippen LogP contribution in [0.2, 0.25) is 0 Å². The average molecular weight is 297 g/mol. The molecule has 1 rings (SSSR count). The summed E-state index contributed by atoms with van der Waals surface area (Å²) in [5.41, 5.74) is 0. The van der Waals surface area contributed by atoms with E-state index in [0.717, 1.165) is 23.8 Å². The van der Waals surface area contributed by atoms with E-state index in [1.807, 2.05) is 0 Å². The van der Waals surface area contributed by atoms with Gasteiger partial charge in [-0.15, -0.1) is 0 Å². The summed E-state index contributed by atoms with van der Waals surface area (Å²) in [6.45, 7) is 14.1. The molecule has 0 aromatic carbocycles. The molecular weight excluding hydrogens is 256 g/mol. The van der Waals surface area contributed by atoms with Crippen molar-refractivity contribution < 1.29 is 0 Å². The second kappa shape index (κ2) is 9.84. The smallest absolute Gasteiger partial charge is 0.0108 e. The van der Waals surface area contributed by atoms with E-state index in [2.05, 4.69) is 51.9 Å². The normalized spacial score (nSPS) is 28.3. The Morgan fingerprint density at radius 2 is 1.81 bits per heavy atom. The molecule has 0 spiro atoms. The van der Waals surface area contributed by atoms with E-state index in [-0.39, 0.29) is 0 Å². The lowest BCUT2D eigenvalue weighted by Crippen LogP contribution is -2.47. The summed E-state index contributed by atoms with van der Waals surface area (Å²) in [7, 11) is 2.32. The molecule has 0 aliphatic heterocycles. The van der Waals surface area contributed by atoms with Crippen molar-refractivity contribution in [1.82, 2.24) is 10.2 Å². The number of nitrogens with one attached hydrogen (secondary N) is 1. The van der Waals surface area contributed by atoms with E-state index in [4.69, 9.17) is 0 Å². The van der Waals surface area contributed by atoms with Gasteiger partial charge in [0.25, 0.3) is 0 Å². The Morgan fingerprint density at radius 3 is 2.38 bits per heavy atom. The molecule has 1 aliphatic rings. The summed E-state index contributed by atoms with van der Waals surface area (Å²) < 4.78 is 0. The van der Waals surface area contributed by atoms with Crippen LogP contribution in [0.5, 0.6) is 0 Å². The van der Waals surface area contributed by atoms with Crippen molar-refractivity contribution >= 4 is 0 Å². The topological polar surface area (TPSA) is 15.3 Å². The molecule has 4 unspecified atom stereocenters. The molecule has 126 valence electrons. The van der Waals surface area contributed by atoms with E-state index in [9.17, 15) is 0 Å². The fourth-order valence-electron chi connectivity index (χ4n) is 3.88. The molecule has 1 fully saturated rings. The minimum Gasteiger partial charge on any atom is -0.314 e. The van der Waals surface area contributed by atoms with Crippen molar-refractivity contribution in [3.05, 3.63) is 0 Å². The third-order valence-electron chi connectivity index (χ3n) is 5.63. The Bertz CT molecular complexity index is 264. The number of hydrogen-bond donors (Lipinski definition) is 1. The van der Waals surface area contributed by atoms with Crippen molar-refractivity contribution in [3.8, 4) is 0 Å². The first-order valence-electron chi connectivity index (χ1n) is 9.43. The number of rotatable bonds is 9. The van der Waals surface area contributed by atoms with Gasteiger partial charge in [-0.2, -0.15) is 0 Å². The van der Waals surface area contributed by atoms with Crippen LogP contribution in [-0.4, -0.2) is 37.1 Å². The summed E-state index contributed by atoms with van der Waals surface area (Å²) in [6, 6.07) is 1.43. The van der Waals surface area contributed by atoms with Crippen LogP contribution in [0.3, 0.4) is 0 Å². The van der Waals surface area contributed by atoms with Gasteiger partial charge < -0.3 is 10.2 Å². The highest BCUT2D eigenvalue weighted by atomic mass is 15.1. The van der Waals surface area contributed by atoms with Crippen molar-refractivity contribution in [1.29, 1.82) is 0 Å². The molecule has 4 atom stereocenters. The number of nitrogens with zero attached hydrogens (tertiary/aromatic N) is 1. The highest BCUT2D eigenvalue weighted by Gasteiger charge is 2.31. The Kier molecular flexibility index (Phi) is 8.89. The van der Waals surface area contributed by atoms with Gasteiger partial charge in [0.15, 0.2) is 0 Å². The van der Waals surface area contributed by atoms with Crippen molar-refractivity contribution in [3.63, 3.8) is 0 Å². The third kappa shape index (κ3) is 6.28. The van der Waals surface area contributed by atoms with Crippen molar-refractivity contribution in [2.24, 2.45) is 17.8 Å². The molecule has 0 radical (unpaired) electrons. The zero-order chi connectivity index (χ0) is 15.8. The van der Waals surface area contributed by atoms with Gasteiger partial charge in [0.1, 0.15) is 0 Å². The minimum atomic E-state index is 0.684. The fourth-order valence-corrected chi connectivity index (χ4v) is 3.88. The predicted octanol–water partition coefficient (Wildman–Crippen LogP) is 4.55. The van der Waals surface area contributed by atoms with Crippen LogP contribution >= 0.6 is 0 Å². The van der Waals surface area contributed by atoms with Crippen molar-refractivity contribution in [2.75, 3.05) is 20.1 Å². The highest BCUT2D eigenvalue weighted by molar-refractivity contribution is 4.87. The molecule has 0 aromatic rings. The summed E-state index contributed by atoms with van der Waals surface area (Å²) in [5, 5.41) is 3.83. The maximum Gasteiger partial charge on any atom is 0.0108 e. The van der Waals surface area contributed by atoms with Crippen LogP contribution in [0.25, 0.3) is 0 Å². The monoisotopic (exact) mass is 296 g/mol. The van der Waals surface area contributed by atoms with Crippen molar-refractivity contribution in [2.45, 2.75) is 85.2 Å². The molecule has 0 bridgehead atoms. The third-order valence-corrected chi connectivity index (χ3v) is 5.63. The molecule has 0 aromatic heterocycles. The lowest BCUT2D eigenvalue weighted by molar-refractivity contribution is 0.116. The van der Waals surface area contributed by atoms with Gasteiger partial charge in [-0.1, -0.05) is 40.5 Å². The molecular formula is C19H40N2. The van der Waals surface area contributed by atoms with Crippen LogP contribution in [0.15, 0.2) is 0 Å². The van der Waals surface area contributed by atoms with Gasteiger partial charge in [0, 0.05) is 18.6 Å². The molecule has 0 saturated heterocycles. The molecule has 21 heavy (non-hydrogen) atoms. The van der Waals surface area contributed by atoms with Crippen LogP contribution in [0.1, 0.15) is 73.1 Å². The molecule has 1 saturated carbocycles. The molecule has 1 N–H and O–H groups in total. The van der Waals surface area contributed by atoms with E-state index < -0.39 is 0 Å². The van der Waals surface area contributed by atoms with E-state index >= 15 is 0 Å². The Labute approximate surface area is 134 Å². The molecule has 2 nitrogen and oxygen atoms in total. The Hall–Kier alpha value is -0.0800. The average Bonchev–Trinajstić information content (AvgIpc) is 2.45. The van der Waals surface area contributed by atoms with Crippen LogP contribution < -0.4 is 5.32 Å². The molecule has 0 amide bonds. The van der Waals surface area contributed by atoms with Crippen LogP contribution in [0, 0.1) is 17.8 Å². The zero-order valence-electron chi connectivity index (χ0n) is 15.5. The Morgan fingerprint density at radius 1 is 1.10 bits per heavy atom. The van der Waals surface area contributed by atoms with Crippen LogP contribution in [0.4, 0.5) is 0 Å². The van der Waals surface area contributed by atoms with Gasteiger partial charge >= 0.3 is 0 Å². The quantitative estimate of drug-likeness (QED) is 0.671. The maximum absolute atomic E-state index is 3.83. The van der Waals surface area contributed by atoms with Gasteiger partial charge in [-0.05, 0) is 64.0 Å². The summed E-state index contributed by atoms with van der Waals surface area (Å²) in [4.78, 5) is 2.60. The second-order valence-electron chi connectivity index (χ2n) is 7.71. The summed E-state index contributed by atoms with van der Waals surface area (Å²) in [5.74, 6) is 2.56. The first kappa shape index (κ1) is 19.0. The first-order valence-corrected chi connectivity index (χ1v) is 9.43. The van der Waals surface area contributed by atoms with E-state index in [1.54, 1.807) is 0 Å². The zero-order valence-corrected chi connectivity index (χ0v) is 15.5. The fraction of sp³-hybridized carbons (Fsp3) is 1.00. The van der Waals surface area contributed by atoms with Crippen LogP contribution in [-0.2, 0) is 0 Å². The van der Waals surface area contributed by atoms with Gasteiger partial charge in [-0.25, -0.2) is 0 Å². The minimum absolute atomic E-state index is 0.684. The lowest BCUT2D eigenvalue weighted by atomic mass is 9.76. The molecule has 0 heterocycles. The van der Waals surface area contributed by atoms with Gasteiger partial charge in [-0.3, -0.25) is 0 Å². The standard InChI is InChI=1S/C19H40N2/c1-7-9-17-10-11-19(20-12-8-2)18(13-17)14-21(6)16(5)15(3)4/h15-20H,7-14H2,1-6H3. The predicted molar refractivity (Wildman–Crippen MR) is 94.8 cm³/mol. The summed E-state index contributed by atoms with van der Waals surface area (Å²) in [6.07, 6.45) is 8.29. The molecule has 1 aliphatic carbocycles. The second-order valence-corrected chi connectivity index (χ2v) is 7.71. The first-order chi connectivity index (χ1) is 9.99. The van der Waals surface area contributed by atoms with Gasteiger partial charge in [0.05, 0.1) is 0 Å². The SMILES string of the molecule is CCCNC1CCC(CCC)CC1CN(C)C(C)C(C)C. The summed E-state index contributed by atoms with van der Waals surface area (Å²) >= 11 is 0.